The third kappa shape index (κ3) is 5.40. The lowest BCUT2D eigenvalue weighted by atomic mass is 10.0. The first-order valence-electron chi connectivity index (χ1n) is 13.0. The lowest BCUT2D eigenvalue weighted by Crippen LogP contribution is -2.23. The average molecular weight is 509 g/mol. The van der Waals surface area contributed by atoms with Gasteiger partial charge in [0.25, 0.3) is 0 Å². The van der Waals surface area contributed by atoms with Gasteiger partial charge in [-0.05, 0) is 70.2 Å². The Kier molecular flexibility index (Phi) is 7.29. The van der Waals surface area contributed by atoms with Crippen LogP contribution in [0.15, 0.2) is 152 Å². The van der Waals surface area contributed by atoms with Crippen molar-refractivity contribution in [2.45, 2.75) is 13.0 Å². The van der Waals surface area contributed by atoms with E-state index in [1.54, 1.807) is 0 Å². The second-order valence-corrected chi connectivity index (χ2v) is 11.5. The van der Waals surface area contributed by atoms with Crippen molar-refractivity contribution in [1.29, 1.82) is 0 Å². The number of hydrogen-bond donors (Lipinski definition) is 0. The van der Waals surface area contributed by atoms with Crippen LogP contribution in [0.1, 0.15) is 23.1 Å². The molecule has 38 heavy (non-hydrogen) atoms. The van der Waals surface area contributed by atoms with E-state index in [1.807, 2.05) is 6.07 Å². The molecule has 1 aliphatic carbocycles. The fourth-order valence-electron chi connectivity index (χ4n) is 4.93. The molecule has 6 rings (SSSR count). The highest BCUT2D eigenvalue weighted by atomic mass is 31.1. The number of ether oxygens (including phenoxy) is 1. The Morgan fingerprint density at radius 2 is 1.18 bits per heavy atom. The fraction of sp³-hybridized carbons (Fsp3) is 0.0556. The molecule has 0 fully saturated rings. The number of rotatable bonds is 8. The molecule has 0 atom stereocenters. The van der Waals surface area contributed by atoms with Gasteiger partial charge in [0.2, 0.25) is 0 Å². The van der Waals surface area contributed by atoms with Crippen LogP contribution in [0.4, 0.5) is 0 Å². The zero-order valence-corrected chi connectivity index (χ0v) is 22.1. The van der Waals surface area contributed by atoms with E-state index in [-0.39, 0.29) is 0 Å². The Labute approximate surface area is 226 Å². The van der Waals surface area contributed by atoms with Crippen molar-refractivity contribution in [2.24, 2.45) is 0 Å². The Morgan fingerprint density at radius 1 is 0.605 bits per heavy atom. The Bertz CT molecular complexity index is 1520. The van der Waals surface area contributed by atoms with E-state index in [4.69, 9.17) is 4.74 Å². The molecule has 0 bridgehead atoms. The lowest BCUT2D eigenvalue weighted by molar-refractivity contribution is 0.306. The normalized spacial score (nSPS) is 12.8. The van der Waals surface area contributed by atoms with Crippen molar-refractivity contribution >= 4 is 35.0 Å². The van der Waals surface area contributed by atoms with Crippen LogP contribution in [0.25, 0.3) is 11.1 Å². The quantitative estimate of drug-likeness (QED) is 0.194. The Morgan fingerprint density at radius 3 is 1.82 bits per heavy atom. The maximum atomic E-state index is 6.34. The highest BCUT2D eigenvalue weighted by Crippen LogP contribution is 2.40. The van der Waals surface area contributed by atoms with Crippen LogP contribution in [0.2, 0.25) is 0 Å². The first-order chi connectivity index (χ1) is 18.8. The van der Waals surface area contributed by atoms with E-state index in [9.17, 15) is 0 Å². The standard InChI is InChI=1S/C36H29OP/c1-5-13-28(14-6-1)27-37-32-23-24-35(31-22-21-30(25-31)29-15-7-2-8-16-29)36(26-32)38(33-17-9-3-10-18-33)34-19-11-4-12-20-34/h1-21,23-26H,22,27H2. The highest BCUT2D eigenvalue weighted by molar-refractivity contribution is 7.80. The minimum atomic E-state index is -0.777. The summed E-state index contributed by atoms with van der Waals surface area (Å²) < 4.78 is 6.34. The fourth-order valence-corrected chi connectivity index (χ4v) is 7.44. The van der Waals surface area contributed by atoms with Gasteiger partial charge in [-0.2, -0.15) is 0 Å². The summed E-state index contributed by atoms with van der Waals surface area (Å²) in [5.74, 6) is 0.904. The minimum Gasteiger partial charge on any atom is -0.489 e. The molecule has 1 aliphatic rings. The topological polar surface area (TPSA) is 9.23 Å². The van der Waals surface area contributed by atoms with E-state index < -0.39 is 7.92 Å². The van der Waals surface area contributed by atoms with Gasteiger partial charge in [-0.3, -0.25) is 0 Å². The molecule has 0 spiro atoms. The van der Waals surface area contributed by atoms with E-state index in [1.165, 1.54) is 43.8 Å². The molecule has 0 saturated heterocycles. The summed E-state index contributed by atoms with van der Waals surface area (Å²) in [6.45, 7) is 0.552. The second-order valence-electron chi connectivity index (χ2n) is 9.36. The molecule has 0 radical (unpaired) electrons. The number of allylic oxidation sites excluding steroid dienone is 4. The van der Waals surface area contributed by atoms with Crippen LogP contribution in [0, 0.1) is 0 Å². The summed E-state index contributed by atoms with van der Waals surface area (Å²) in [7, 11) is -0.777. The van der Waals surface area contributed by atoms with Gasteiger partial charge in [-0.15, -0.1) is 0 Å². The van der Waals surface area contributed by atoms with Gasteiger partial charge < -0.3 is 4.74 Å². The van der Waals surface area contributed by atoms with Crippen LogP contribution in [-0.4, -0.2) is 0 Å². The summed E-state index contributed by atoms with van der Waals surface area (Å²) >= 11 is 0. The first kappa shape index (κ1) is 24.2. The number of benzene rings is 5. The van der Waals surface area contributed by atoms with Crippen LogP contribution in [0.3, 0.4) is 0 Å². The maximum absolute atomic E-state index is 6.34. The summed E-state index contributed by atoms with van der Waals surface area (Å²) in [6, 6.07) is 49.5. The number of hydrogen-bond acceptors (Lipinski definition) is 1. The molecule has 5 aromatic carbocycles. The molecular weight excluding hydrogens is 479 g/mol. The summed E-state index contributed by atoms with van der Waals surface area (Å²) in [4.78, 5) is 0. The molecule has 0 saturated carbocycles. The third-order valence-electron chi connectivity index (χ3n) is 6.81. The van der Waals surface area contributed by atoms with Gasteiger partial charge in [-0.1, -0.05) is 140 Å². The van der Waals surface area contributed by atoms with Gasteiger partial charge in [-0.25, -0.2) is 0 Å². The van der Waals surface area contributed by atoms with Crippen LogP contribution < -0.4 is 20.7 Å². The van der Waals surface area contributed by atoms with Crippen molar-refractivity contribution < 1.29 is 4.74 Å². The zero-order valence-electron chi connectivity index (χ0n) is 21.2. The van der Waals surface area contributed by atoms with E-state index >= 15 is 0 Å². The minimum absolute atomic E-state index is 0.552. The Balaban J connectivity index is 1.44. The van der Waals surface area contributed by atoms with Gasteiger partial charge in [0.15, 0.2) is 0 Å². The third-order valence-corrected chi connectivity index (χ3v) is 9.29. The van der Waals surface area contributed by atoms with Gasteiger partial charge in [0.05, 0.1) is 0 Å². The molecule has 0 heterocycles. The molecule has 0 aromatic heterocycles. The van der Waals surface area contributed by atoms with E-state index in [2.05, 4.69) is 146 Å². The van der Waals surface area contributed by atoms with E-state index in [0.717, 1.165) is 12.2 Å². The Hall–Kier alpha value is -4.19. The van der Waals surface area contributed by atoms with Crippen LogP contribution >= 0.6 is 7.92 Å². The maximum Gasteiger partial charge on any atom is 0.120 e. The van der Waals surface area contributed by atoms with E-state index in [0.29, 0.717) is 6.61 Å². The predicted molar refractivity (Wildman–Crippen MR) is 163 cm³/mol. The molecular formula is C36H29OP. The predicted octanol–water partition coefficient (Wildman–Crippen LogP) is 7.89. The average Bonchev–Trinajstić information content (AvgIpc) is 3.49. The largest absolute Gasteiger partial charge is 0.489 e. The van der Waals surface area contributed by atoms with Crippen molar-refractivity contribution in [3.05, 3.63) is 168 Å². The molecule has 184 valence electrons. The molecule has 0 aliphatic heterocycles. The monoisotopic (exact) mass is 508 g/mol. The molecule has 1 nitrogen and oxygen atoms in total. The van der Waals surface area contributed by atoms with Crippen molar-refractivity contribution in [3.63, 3.8) is 0 Å². The van der Waals surface area contributed by atoms with Gasteiger partial charge in [0, 0.05) is 0 Å². The van der Waals surface area contributed by atoms with Crippen LogP contribution in [-0.2, 0) is 6.61 Å². The van der Waals surface area contributed by atoms with Crippen molar-refractivity contribution in [2.75, 3.05) is 0 Å². The summed E-state index contributed by atoms with van der Waals surface area (Å²) in [5.41, 5.74) is 6.38. The molecule has 0 N–H and O–H groups in total. The first-order valence-corrected chi connectivity index (χ1v) is 14.4. The smallest absolute Gasteiger partial charge is 0.120 e. The summed E-state index contributed by atoms with van der Waals surface area (Å²) in [6.07, 6.45) is 5.64. The van der Waals surface area contributed by atoms with Crippen LogP contribution in [0.5, 0.6) is 5.75 Å². The molecule has 5 aromatic rings. The highest BCUT2D eigenvalue weighted by Gasteiger charge is 2.23. The molecule has 0 amide bonds. The molecule has 2 heteroatoms. The molecule has 0 unspecified atom stereocenters. The van der Waals surface area contributed by atoms with Gasteiger partial charge >= 0.3 is 0 Å². The second kappa shape index (κ2) is 11.5. The van der Waals surface area contributed by atoms with Crippen molar-refractivity contribution in [1.82, 2.24) is 0 Å². The SMILES string of the molecule is C1=C(c2ccccc2)C=C(c2ccc(OCc3ccccc3)cc2P(c2ccccc2)c2ccccc2)C1. The summed E-state index contributed by atoms with van der Waals surface area (Å²) in [5, 5.41) is 4.01. The zero-order chi connectivity index (χ0) is 25.6. The lowest BCUT2D eigenvalue weighted by Gasteiger charge is -2.24. The van der Waals surface area contributed by atoms with Gasteiger partial charge in [0.1, 0.15) is 12.4 Å². The van der Waals surface area contributed by atoms with Crippen molar-refractivity contribution in [3.8, 4) is 5.75 Å².